The third kappa shape index (κ3) is 2.84. The van der Waals surface area contributed by atoms with Gasteiger partial charge in [-0.15, -0.1) is 11.3 Å². The maximum atomic E-state index is 11.7. The van der Waals surface area contributed by atoms with Gasteiger partial charge < -0.3 is 10.1 Å². The minimum atomic E-state index is -0.234. The molecule has 1 aromatic heterocycles. The summed E-state index contributed by atoms with van der Waals surface area (Å²) in [4.78, 5) is 16.9. The van der Waals surface area contributed by atoms with Crippen molar-refractivity contribution in [1.82, 2.24) is 10.3 Å². The molecule has 0 amide bonds. The topological polar surface area (TPSA) is 51.2 Å². The molecule has 0 radical (unpaired) electrons. The molecule has 1 saturated heterocycles. The number of nitrogens with one attached hydrogen (secondary N) is 1. The van der Waals surface area contributed by atoms with E-state index >= 15 is 0 Å². The molecule has 2 rings (SSSR count). The second kappa shape index (κ2) is 5.60. The molecule has 0 saturated carbocycles. The second-order valence-electron chi connectivity index (χ2n) is 4.21. The molecule has 0 unspecified atom stereocenters. The summed E-state index contributed by atoms with van der Waals surface area (Å²) >= 11 is 1.50. The Hall–Kier alpha value is -0.940. The van der Waals surface area contributed by atoms with Crippen LogP contribution in [-0.4, -0.2) is 30.6 Å². The first-order chi connectivity index (χ1) is 8.22. The molecule has 1 N–H and O–H groups in total. The van der Waals surface area contributed by atoms with Crippen molar-refractivity contribution in [3.8, 4) is 0 Å². The quantitative estimate of drug-likeness (QED) is 0.839. The van der Waals surface area contributed by atoms with Crippen LogP contribution in [0.5, 0.6) is 0 Å². The number of piperidine rings is 1. The van der Waals surface area contributed by atoms with Crippen LogP contribution in [0, 0.1) is 6.92 Å². The number of esters is 1. The Labute approximate surface area is 105 Å². The Morgan fingerprint density at radius 3 is 2.88 bits per heavy atom. The van der Waals surface area contributed by atoms with Gasteiger partial charge in [-0.05, 0) is 39.8 Å². The van der Waals surface area contributed by atoms with E-state index in [0.717, 1.165) is 36.6 Å². The predicted molar refractivity (Wildman–Crippen MR) is 67.7 cm³/mol. The maximum absolute atomic E-state index is 11.7. The lowest BCUT2D eigenvalue weighted by molar-refractivity contribution is 0.0531. The summed E-state index contributed by atoms with van der Waals surface area (Å²) in [6, 6.07) is 0. The number of rotatable bonds is 3. The predicted octanol–water partition coefficient (Wildman–Crippen LogP) is 2.10. The van der Waals surface area contributed by atoms with Gasteiger partial charge >= 0.3 is 5.97 Å². The van der Waals surface area contributed by atoms with E-state index in [0.29, 0.717) is 17.4 Å². The lowest BCUT2D eigenvalue weighted by atomic mass is 9.99. The zero-order valence-corrected chi connectivity index (χ0v) is 11.1. The van der Waals surface area contributed by atoms with Crippen molar-refractivity contribution in [1.29, 1.82) is 0 Å². The van der Waals surface area contributed by atoms with Crippen LogP contribution in [0.3, 0.4) is 0 Å². The van der Waals surface area contributed by atoms with Gasteiger partial charge in [-0.25, -0.2) is 9.78 Å². The molecule has 0 bridgehead atoms. The fourth-order valence-corrected chi connectivity index (χ4v) is 3.18. The molecular formula is C12H18N2O2S. The summed E-state index contributed by atoms with van der Waals surface area (Å²) in [5.74, 6) is 0.269. The largest absolute Gasteiger partial charge is 0.462 e. The lowest BCUT2D eigenvalue weighted by Crippen LogP contribution is -2.26. The van der Waals surface area contributed by atoms with Gasteiger partial charge in [-0.1, -0.05) is 0 Å². The van der Waals surface area contributed by atoms with E-state index in [-0.39, 0.29) is 5.97 Å². The van der Waals surface area contributed by atoms with Gasteiger partial charge in [-0.2, -0.15) is 0 Å². The highest BCUT2D eigenvalue weighted by molar-refractivity contribution is 7.13. The summed E-state index contributed by atoms with van der Waals surface area (Å²) in [6.07, 6.45) is 2.21. The van der Waals surface area contributed by atoms with E-state index in [4.69, 9.17) is 4.74 Å². The van der Waals surface area contributed by atoms with Crippen molar-refractivity contribution in [3.63, 3.8) is 0 Å². The fraction of sp³-hybridized carbons (Fsp3) is 0.667. The zero-order chi connectivity index (χ0) is 12.3. The van der Waals surface area contributed by atoms with E-state index in [1.54, 1.807) is 0 Å². The van der Waals surface area contributed by atoms with Gasteiger partial charge in [0.05, 0.1) is 17.3 Å². The van der Waals surface area contributed by atoms with Crippen LogP contribution >= 0.6 is 11.3 Å². The van der Waals surface area contributed by atoms with Crippen molar-refractivity contribution in [3.05, 3.63) is 15.6 Å². The molecule has 1 aliphatic rings. The summed E-state index contributed by atoms with van der Waals surface area (Å²) in [5.41, 5.74) is 0.807. The van der Waals surface area contributed by atoms with Crippen molar-refractivity contribution >= 4 is 17.3 Å². The van der Waals surface area contributed by atoms with Crippen molar-refractivity contribution in [2.24, 2.45) is 0 Å². The SMILES string of the molecule is CCOC(=O)c1sc(C2CCNCC2)nc1C. The van der Waals surface area contributed by atoms with E-state index in [9.17, 15) is 4.79 Å². The molecule has 94 valence electrons. The number of hydrogen-bond acceptors (Lipinski definition) is 5. The number of aryl methyl sites for hydroxylation is 1. The minimum Gasteiger partial charge on any atom is -0.462 e. The molecule has 0 spiro atoms. The molecule has 1 aromatic rings. The molecule has 0 aromatic carbocycles. The number of thiazole rings is 1. The number of nitrogens with zero attached hydrogens (tertiary/aromatic N) is 1. The molecule has 0 aliphatic carbocycles. The highest BCUT2D eigenvalue weighted by atomic mass is 32.1. The smallest absolute Gasteiger partial charge is 0.350 e. The zero-order valence-electron chi connectivity index (χ0n) is 10.3. The average Bonchev–Trinajstić information content (AvgIpc) is 2.73. The van der Waals surface area contributed by atoms with Gasteiger partial charge in [-0.3, -0.25) is 0 Å². The monoisotopic (exact) mass is 254 g/mol. The molecule has 0 atom stereocenters. The molecule has 4 nitrogen and oxygen atoms in total. The number of aromatic nitrogens is 1. The van der Waals surface area contributed by atoms with E-state index in [1.807, 2.05) is 13.8 Å². The van der Waals surface area contributed by atoms with Gasteiger partial charge in [0.25, 0.3) is 0 Å². The van der Waals surface area contributed by atoms with Crippen LogP contribution in [-0.2, 0) is 4.74 Å². The third-order valence-electron chi connectivity index (χ3n) is 2.96. The standard InChI is InChI=1S/C12H18N2O2S/c1-3-16-12(15)10-8(2)14-11(17-10)9-4-6-13-7-5-9/h9,13H,3-7H2,1-2H3. The molecule has 5 heteroatoms. The summed E-state index contributed by atoms with van der Waals surface area (Å²) in [7, 11) is 0. The van der Waals surface area contributed by atoms with Gasteiger partial charge in [0.1, 0.15) is 4.88 Å². The summed E-state index contributed by atoms with van der Waals surface area (Å²) in [6.45, 7) is 6.20. The lowest BCUT2D eigenvalue weighted by Gasteiger charge is -2.20. The van der Waals surface area contributed by atoms with Crippen molar-refractivity contribution < 1.29 is 9.53 Å². The highest BCUT2D eigenvalue weighted by Gasteiger charge is 2.22. The van der Waals surface area contributed by atoms with Crippen LogP contribution in [0.15, 0.2) is 0 Å². The van der Waals surface area contributed by atoms with Crippen LogP contribution in [0.2, 0.25) is 0 Å². The Kier molecular flexibility index (Phi) is 4.12. The third-order valence-corrected chi connectivity index (χ3v) is 4.26. The molecule has 1 fully saturated rings. The number of carbonyl (C=O) groups is 1. The number of hydrogen-bond donors (Lipinski definition) is 1. The van der Waals surface area contributed by atoms with E-state index in [1.165, 1.54) is 11.3 Å². The molecular weight excluding hydrogens is 236 g/mol. The van der Waals surface area contributed by atoms with Crippen LogP contribution < -0.4 is 5.32 Å². The van der Waals surface area contributed by atoms with Crippen LogP contribution in [0.1, 0.15) is 46.1 Å². The first-order valence-electron chi connectivity index (χ1n) is 6.07. The Bertz CT molecular complexity index is 397. The molecule has 17 heavy (non-hydrogen) atoms. The average molecular weight is 254 g/mol. The highest BCUT2D eigenvalue weighted by Crippen LogP contribution is 2.31. The first kappa shape index (κ1) is 12.5. The van der Waals surface area contributed by atoms with Crippen LogP contribution in [0.4, 0.5) is 0 Å². The van der Waals surface area contributed by atoms with Gasteiger partial charge in [0.15, 0.2) is 0 Å². The second-order valence-corrected chi connectivity index (χ2v) is 5.24. The van der Waals surface area contributed by atoms with Crippen LogP contribution in [0.25, 0.3) is 0 Å². The van der Waals surface area contributed by atoms with Crippen molar-refractivity contribution in [2.45, 2.75) is 32.6 Å². The van der Waals surface area contributed by atoms with Crippen molar-refractivity contribution in [2.75, 3.05) is 19.7 Å². The minimum absolute atomic E-state index is 0.234. The Morgan fingerprint density at radius 1 is 1.53 bits per heavy atom. The number of carbonyl (C=O) groups excluding carboxylic acids is 1. The summed E-state index contributed by atoms with van der Waals surface area (Å²) < 4.78 is 5.03. The van der Waals surface area contributed by atoms with Gasteiger partial charge in [0.2, 0.25) is 0 Å². The molecule has 1 aliphatic heterocycles. The molecule has 2 heterocycles. The van der Waals surface area contributed by atoms with E-state index < -0.39 is 0 Å². The normalized spacial score (nSPS) is 17.1. The van der Waals surface area contributed by atoms with Gasteiger partial charge in [0, 0.05) is 5.92 Å². The summed E-state index contributed by atoms with van der Waals surface area (Å²) in [5, 5.41) is 4.42. The van der Waals surface area contributed by atoms with E-state index in [2.05, 4.69) is 10.3 Å². The Morgan fingerprint density at radius 2 is 2.24 bits per heavy atom. The maximum Gasteiger partial charge on any atom is 0.350 e. The Balaban J connectivity index is 2.14. The fourth-order valence-electron chi connectivity index (χ4n) is 2.05. The number of ether oxygens (including phenoxy) is 1. The first-order valence-corrected chi connectivity index (χ1v) is 6.89.